The van der Waals surface area contributed by atoms with E-state index in [-0.39, 0.29) is 24.5 Å². The topological polar surface area (TPSA) is 72.9 Å². The van der Waals surface area contributed by atoms with E-state index >= 15 is 0 Å². The number of carboxylic acid groups (broad SMARTS) is 1. The minimum atomic E-state index is -0.900. The molecule has 0 saturated heterocycles. The SMILES string of the molecule is CC(CN(C)C(=O)NC(CN(C)Cc1ccccc1)C(C)C)C(=O)O. The second-order valence-corrected chi connectivity index (χ2v) is 7.10. The summed E-state index contributed by atoms with van der Waals surface area (Å²) in [7, 11) is 3.66. The minimum absolute atomic E-state index is 0.0104. The van der Waals surface area contributed by atoms with E-state index in [2.05, 4.69) is 36.2 Å². The lowest BCUT2D eigenvalue weighted by Gasteiger charge is -2.30. The average molecular weight is 349 g/mol. The molecule has 0 aromatic heterocycles. The van der Waals surface area contributed by atoms with Crippen LogP contribution in [0.3, 0.4) is 0 Å². The number of nitrogens with zero attached hydrogens (tertiary/aromatic N) is 2. The monoisotopic (exact) mass is 349 g/mol. The zero-order valence-electron chi connectivity index (χ0n) is 15.9. The normalized spacial score (nSPS) is 13.6. The summed E-state index contributed by atoms with van der Waals surface area (Å²) in [5, 5.41) is 12.0. The second kappa shape index (κ2) is 10.0. The van der Waals surface area contributed by atoms with Gasteiger partial charge in [0.25, 0.3) is 0 Å². The molecule has 0 aliphatic carbocycles. The van der Waals surface area contributed by atoms with Crippen LogP contribution in [0.4, 0.5) is 4.79 Å². The first-order valence-electron chi connectivity index (χ1n) is 8.67. The van der Waals surface area contributed by atoms with Gasteiger partial charge in [0.1, 0.15) is 0 Å². The standard InChI is InChI=1S/C19H31N3O3/c1-14(2)17(13-21(4)12-16-9-7-6-8-10-16)20-19(25)22(5)11-15(3)18(23)24/h6-10,14-15,17H,11-13H2,1-5H3,(H,20,25)(H,23,24). The largest absolute Gasteiger partial charge is 0.481 e. The zero-order chi connectivity index (χ0) is 19.0. The molecule has 6 heteroatoms. The van der Waals surface area contributed by atoms with Gasteiger partial charge in [-0.05, 0) is 18.5 Å². The first-order valence-corrected chi connectivity index (χ1v) is 8.67. The van der Waals surface area contributed by atoms with Gasteiger partial charge >= 0.3 is 12.0 Å². The Labute approximate surface area is 150 Å². The molecule has 0 bridgehead atoms. The Morgan fingerprint density at radius 1 is 1.08 bits per heavy atom. The molecule has 0 radical (unpaired) electrons. The number of likely N-dealkylation sites (N-methyl/N-ethyl adjacent to an activating group) is 1. The number of carboxylic acids is 1. The molecule has 25 heavy (non-hydrogen) atoms. The number of carbonyl (C=O) groups excluding carboxylic acids is 1. The molecule has 0 saturated carbocycles. The van der Waals surface area contributed by atoms with Crippen molar-refractivity contribution in [3.63, 3.8) is 0 Å². The van der Waals surface area contributed by atoms with Gasteiger partial charge in [0.15, 0.2) is 0 Å². The van der Waals surface area contributed by atoms with Crippen molar-refractivity contribution in [3.8, 4) is 0 Å². The molecule has 2 unspecified atom stereocenters. The van der Waals surface area contributed by atoms with Crippen LogP contribution in [0, 0.1) is 11.8 Å². The number of aliphatic carboxylic acids is 1. The molecule has 2 atom stereocenters. The third kappa shape index (κ3) is 7.56. The van der Waals surface area contributed by atoms with Crippen molar-refractivity contribution >= 4 is 12.0 Å². The maximum atomic E-state index is 12.4. The van der Waals surface area contributed by atoms with Crippen LogP contribution in [0.15, 0.2) is 30.3 Å². The first kappa shape index (κ1) is 21.0. The Balaban J connectivity index is 2.58. The van der Waals surface area contributed by atoms with Crippen molar-refractivity contribution < 1.29 is 14.7 Å². The second-order valence-electron chi connectivity index (χ2n) is 7.10. The van der Waals surface area contributed by atoms with E-state index in [4.69, 9.17) is 5.11 Å². The van der Waals surface area contributed by atoms with E-state index < -0.39 is 11.9 Å². The highest BCUT2D eigenvalue weighted by molar-refractivity contribution is 5.76. The van der Waals surface area contributed by atoms with Crippen molar-refractivity contribution in [2.24, 2.45) is 11.8 Å². The molecule has 0 fully saturated rings. The molecule has 1 rings (SSSR count). The number of urea groups is 1. The van der Waals surface area contributed by atoms with Gasteiger partial charge < -0.3 is 20.2 Å². The van der Waals surface area contributed by atoms with Gasteiger partial charge in [-0.15, -0.1) is 0 Å². The van der Waals surface area contributed by atoms with Gasteiger partial charge in [0, 0.05) is 32.7 Å². The van der Waals surface area contributed by atoms with Crippen LogP contribution < -0.4 is 5.32 Å². The van der Waals surface area contributed by atoms with Gasteiger partial charge in [-0.3, -0.25) is 4.79 Å². The molecule has 1 aromatic carbocycles. The van der Waals surface area contributed by atoms with Crippen molar-refractivity contribution in [1.82, 2.24) is 15.1 Å². The third-order valence-electron chi connectivity index (χ3n) is 4.23. The molecular weight excluding hydrogens is 318 g/mol. The summed E-state index contributed by atoms with van der Waals surface area (Å²) in [6.07, 6.45) is 0. The maximum Gasteiger partial charge on any atom is 0.317 e. The lowest BCUT2D eigenvalue weighted by molar-refractivity contribution is -0.141. The van der Waals surface area contributed by atoms with Crippen molar-refractivity contribution in [2.75, 3.05) is 27.2 Å². The van der Waals surface area contributed by atoms with Crippen molar-refractivity contribution in [3.05, 3.63) is 35.9 Å². The van der Waals surface area contributed by atoms with Crippen LogP contribution in [0.1, 0.15) is 26.3 Å². The van der Waals surface area contributed by atoms with E-state index in [1.807, 2.05) is 25.2 Å². The molecule has 140 valence electrons. The Kier molecular flexibility index (Phi) is 8.41. The molecule has 2 N–H and O–H groups in total. The van der Waals surface area contributed by atoms with Crippen LogP contribution >= 0.6 is 0 Å². The summed E-state index contributed by atoms with van der Waals surface area (Å²) in [6, 6.07) is 9.95. The number of benzene rings is 1. The number of amides is 2. The first-order chi connectivity index (χ1) is 11.7. The lowest BCUT2D eigenvalue weighted by Crippen LogP contribution is -2.50. The van der Waals surface area contributed by atoms with E-state index in [0.29, 0.717) is 0 Å². The Bertz CT molecular complexity index is 548. The van der Waals surface area contributed by atoms with Gasteiger partial charge in [-0.2, -0.15) is 0 Å². The predicted molar refractivity (Wildman–Crippen MR) is 99.4 cm³/mol. The predicted octanol–water partition coefficient (Wildman–Crippen LogP) is 2.51. The average Bonchev–Trinajstić information content (AvgIpc) is 2.54. The molecule has 0 spiro atoms. The van der Waals surface area contributed by atoms with Crippen LogP contribution in [0.2, 0.25) is 0 Å². The van der Waals surface area contributed by atoms with Crippen LogP contribution in [-0.4, -0.2) is 60.1 Å². The van der Waals surface area contributed by atoms with Crippen LogP contribution in [0.5, 0.6) is 0 Å². The Morgan fingerprint density at radius 2 is 1.68 bits per heavy atom. The van der Waals surface area contributed by atoms with E-state index in [9.17, 15) is 9.59 Å². The molecule has 0 aliphatic heterocycles. The van der Waals surface area contributed by atoms with Gasteiger partial charge in [0.2, 0.25) is 0 Å². The number of nitrogens with one attached hydrogen (secondary N) is 1. The van der Waals surface area contributed by atoms with E-state index in [0.717, 1.165) is 13.1 Å². The summed E-state index contributed by atoms with van der Waals surface area (Å²) < 4.78 is 0. The Hall–Kier alpha value is -2.08. The van der Waals surface area contributed by atoms with Crippen LogP contribution in [0.25, 0.3) is 0 Å². The van der Waals surface area contributed by atoms with Gasteiger partial charge in [-0.25, -0.2) is 4.79 Å². The summed E-state index contributed by atoms with van der Waals surface area (Å²) in [5.74, 6) is -1.22. The zero-order valence-corrected chi connectivity index (χ0v) is 15.9. The van der Waals surface area contributed by atoms with E-state index in [1.165, 1.54) is 10.5 Å². The number of hydrogen-bond acceptors (Lipinski definition) is 3. The molecule has 0 aliphatic rings. The smallest absolute Gasteiger partial charge is 0.317 e. The fourth-order valence-electron chi connectivity index (χ4n) is 2.56. The van der Waals surface area contributed by atoms with E-state index in [1.54, 1.807) is 14.0 Å². The fraction of sp³-hybridized carbons (Fsp3) is 0.579. The fourth-order valence-corrected chi connectivity index (χ4v) is 2.56. The van der Waals surface area contributed by atoms with Gasteiger partial charge in [0.05, 0.1) is 5.92 Å². The molecule has 6 nitrogen and oxygen atoms in total. The highest BCUT2D eigenvalue weighted by Gasteiger charge is 2.22. The highest BCUT2D eigenvalue weighted by Crippen LogP contribution is 2.08. The molecule has 0 heterocycles. The summed E-state index contributed by atoms with van der Waals surface area (Å²) >= 11 is 0. The third-order valence-corrected chi connectivity index (χ3v) is 4.23. The summed E-state index contributed by atoms with van der Waals surface area (Å²) in [4.78, 5) is 26.9. The summed E-state index contributed by atoms with van der Waals surface area (Å²) in [6.45, 7) is 7.46. The van der Waals surface area contributed by atoms with Crippen molar-refractivity contribution in [1.29, 1.82) is 0 Å². The van der Waals surface area contributed by atoms with Crippen LogP contribution in [-0.2, 0) is 11.3 Å². The maximum absolute atomic E-state index is 12.4. The molecular formula is C19H31N3O3. The minimum Gasteiger partial charge on any atom is -0.481 e. The highest BCUT2D eigenvalue weighted by atomic mass is 16.4. The van der Waals surface area contributed by atoms with Crippen molar-refractivity contribution in [2.45, 2.75) is 33.4 Å². The lowest BCUT2D eigenvalue weighted by atomic mass is 10.0. The molecule has 1 aromatic rings. The quantitative estimate of drug-likeness (QED) is 0.718. The number of hydrogen-bond donors (Lipinski definition) is 2. The number of carbonyl (C=O) groups is 2. The summed E-state index contributed by atoms with van der Waals surface area (Å²) in [5.41, 5.74) is 1.23. The molecule has 2 amide bonds. The Morgan fingerprint density at radius 3 is 2.20 bits per heavy atom. The number of rotatable bonds is 9. The van der Waals surface area contributed by atoms with Gasteiger partial charge in [-0.1, -0.05) is 51.1 Å².